The smallest absolute Gasteiger partial charge is 0.228 e. The fourth-order valence-electron chi connectivity index (χ4n) is 2.60. The molecule has 0 aromatic heterocycles. The van der Waals surface area contributed by atoms with Crippen molar-refractivity contribution in [3.05, 3.63) is 28.8 Å². The lowest BCUT2D eigenvalue weighted by molar-refractivity contribution is -0.117. The second-order valence-corrected chi connectivity index (χ2v) is 5.19. The number of hydrogen-bond donors (Lipinski definition) is 1. The molecule has 98 valence electrons. The van der Waals surface area contributed by atoms with Gasteiger partial charge in [-0.25, -0.2) is 0 Å². The fourth-order valence-corrected chi connectivity index (χ4v) is 2.60. The number of aryl methyl sites for hydroxylation is 3. The second-order valence-electron chi connectivity index (χ2n) is 5.19. The van der Waals surface area contributed by atoms with Crippen molar-refractivity contribution in [3.63, 3.8) is 0 Å². The highest BCUT2D eigenvalue weighted by atomic mass is 16.2. The first-order valence-electron chi connectivity index (χ1n) is 6.64. The molecule has 1 atom stereocenters. The van der Waals surface area contributed by atoms with Crippen LogP contribution in [0.3, 0.4) is 0 Å². The van der Waals surface area contributed by atoms with E-state index >= 15 is 0 Å². The van der Waals surface area contributed by atoms with Crippen LogP contribution in [0.25, 0.3) is 0 Å². The molecular weight excluding hydrogens is 224 g/mol. The van der Waals surface area contributed by atoms with Crippen molar-refractivity contribution < 1.29 is 4.79 Å². The molecule has 1 aliphatic heterocycles. The van der Waals surface area contributed by atoms with Gasteiger partial charge in [0, 0.05) is 24.7 Å². The van der Waals surface area contributed by atoms with Crippen LogP contribution in [0.2, 0.25) is 0 Å². The van der Waals surface area contributed by atoms with Gasteiger partial charge in [-0.05, 0) is 50.1 Å². The maximum Gasteiger partial charge on any atom is 0.228 e. The van der Waals surface area contributed by atoms with E-state index < -0.39 is 0 Å². The zero-order valence-corrected chi connectivity index (χ0v) is 11.7. The minimum absolute atomic E-state index is 0.229. The Kier molecular flexibility index (Phi) is 3.71. The van der Waals surface area contributed by atoms with Crippen molar-refractivity contribution in [1.29, 1.82) is 0 Å². The van der Waals surface area contributed by atoms with Gasteiger partial charge in [0.2, 0.25) is 5.91 Å². The number of benzene rings is 1. The molecule has 1 heterocycles. The third-order valence-electron chi connectivity index (χ3n) is 3.72. The Labute approximate surface area is 109 Å². The van der Waals surface area contributed by atoms with E-state index in [2.05, 4.69) is 45.1 Å². The quantitative estimate of drug-likeness (QED) is 0.887. The van der Waals surface area contributed by atoms with E-state index in [-0.39, 0.29) is 5.91 Å². The molecule has 0 bridgehead atoms. The van der Waals surface area contributed by atoms with Crippen LogP contribution in [-0.2, 0) is 4.79 Å². The maximum atomic E-state index is 12.1. The van der Waals surface area contributed by atoms with E-state index in [4.69, 9.17) is 0 Å². The number of nitrogens with one attached hydrogen (secondary N) is 1. The lowest BCUT2D eigenvalue weighted by Crippen LogP contribution is -2.32. The van der Waals surface area contributed by atoms with Crippen LogP contribution in [0.15, 0.2) is 12.1 Å². The molecule has 0 saturated carbocycles. The summed E-state index contributed by atoms with van der Waals surface area (Å²) in [5, 5.41) is 3.36. The molecule has 1 N–H and O–H groups in total. The summed E-state index contributed by atoms with van der Waals surface area (Å²) in [4.78, 5) is 14.0. The van der Waals surface area contributed by atoms with Crippen molar-refractivity contribution in [2.75, 3.05) is 18.0 Å². The van der Waals surface area contributed by atoms with Gasteiger partial charge < -0.3 is 10.2 Å². The Balaban J connectivity index is 2.27. The van der Waals surface area contributed by atoms with Gasteiger partial charge in [-0.3, -0.25) is 4.79 Å². The summed E-state index contributed by atoms with van der Waals surface area (Å²) >= 11 is 0. The Morgan fingerprint density at radius 3 is 2.56 bits per heavy atom. The first-order chi connectivity index (χ1) is 8.52. The zero-order valence-electron chi connectivity index (χ0n) is 11.7. The minimum atomic E-state index is 0.229. The normalized spacial score (nSPS) is 19.7. The molecule has 1 aliphatic rings. The summed E-state index contributed by atoms with van der Waals surface area (Å²) in [6.45, 7) is 10.1. The van der Waals surface area contributed by atoms with Crippen molar-refractivity contribution in [2.45, 2.75) is 40.2 Å². The molecule has 18 heavy (non-hydrogen) atoms. The number of amides is 1. The fraction of sp³-hybridized carbons (Fsp3) is 0.533. The molecule has 2 rings (SSSR count). The van der Waals surface area contributed by atoms with E-state index in [0.29, 0.717) is 12.5 Å². The van der Waals surface area contributed by atoms with Gasteiger partial charge in [-0.15, -0.1) is 0 Å². The number of likely N-dealkylation sites (N-methyl/N-ethyl adjacent to an activating group) is 1. The average Bonchev–Trinajstić information content (AvgIpc) is 2.65. The van der Waals surface area contributed by atoms with Crippen molar-refractivity contribution >= 4 is 11.6 Å². The predicted molar refractivity (Wildman–Crippen MR) is 75.1 cm³/mol. The number of anilines is 1. The van der Waals surface area contributed by atoms with E-state index in [1.165, 1.54) is 16.7 Å². The monoisotopic (exact) mass is 246 g/mol. The summed E-state index contributed by atoms with van der Waals surface area (Å²) in [6, 6.07) is 4.60. The predicted octanol–water partition coefficient (Wildman–Crippen LogP) is 2.33. The molecule has 1 aromatic carbocycles. The van der Waals surface area contributed by atoms with Gasteiger partial charge >= 0.3 is 0 Å². The highest BCUT2D eigenvalue weighted by molar-refractivity contribution is 5.97. The molecule has 0 radical (unpaired) electrons. The van der Waals surface area contributed by atoms with Gasteiger partial charge in [0.1, 0.15) is 0 Å². The molecule has 3 heteroatoms. The van der Waals surface area contributed by atoms with E-state index in [9.17, 15) is 4.79 Å². The standard InChI is InChI=1S/C15H22N2O/c1-5-16-13-8-15(18)17(9-13)14-7-11(3)10(2)6-12(14)4/h6-7,13,16H,5,8-9H2,1-4H3. The molecule has 1 aromatic rings. The second kappa shape index (κ2) is 5.11. The Bertz CT molecular complexity index is 468. The van der Waals surface area contributed by atoms with Gasteiger partial charge in [-0.1, -0.05) is 13.0 Å². The van der Waals surface area contributed by atoms with Crippen LogP contribution in [0.4, 0.5) is 5.69 Å². The van der Waals surface area contributed by atoms with Gasteiger partial charge in [0.15, 0.2) is 0 Å². The Morgan fingerprint density at radius 2 is 1.89 bits per heavy atom. The minimum Gasteiger partial charge on any atom is -0.312 e. The van der Waals surface area contributed by atoms with E-state index in [1.807, 2.05) is 4.90 Å². The lowest BCUT2D eigenvalue weighted by atomic mass is 10.0. The molecule has 0 aliphatic carbocycles. The van der Waals surface area contributed by atoms with E-state index in [1.54, 1.807) is 0 Å². The van der Waals surface area contributed by atoms with Crippen LogP contribution >= 0.6 is 0 Å². The average molecular weight is 246 g/mol. The number of hydrogen-bond acceptors (Lipinski definition) is 2. The summed E-state index contributed by atoms with van der Waals surface area (Å²) in [7, 11) is 0. The number of carbonyl (C=O) groups is 1. The molecular formula is C15H22N2O. The Hall–Kier alpha value is -1.35. The zero-order chi connectivity index (χ0) is 13.3. The van der Waals surface area contributed by atoms with Crippen LogP contribution in [-0.4, -0.2) is 25.0 Å². The molecule has 3 nitrogen and oxygen atoms in total. The molecule has 0 spiro atoms. The first kappa shape index (κ1) is 13.1. The maximum absolute atomic E-state index is 12.1. The van der Waals surface area contributed by atoms with Gasteiger partial charge in [0.05, 0.1) is 0 Å². The van der Waals surface area contributed by atoms with Gasteiger partial charge in [-0.2, -0.15) is 0 Å². The summed E-state index contributed by atoms with van der Waals surface area (Å²) in [5.41, 5.74) is 4.79. The highest BCUT2D eigenvalue weighted by Gasteiger charge is 2.30. The van der Waals surface area contributed by atoms with Gasteiger partial charge in [0.25, 0.3) is 0 Å². The molecule has 1 saturated heterocycles. The van der Waals surface area contributed by atoms with Crippen molar-refractivity contribution in [3.8, 4) is 0 Å². The van der Waals surface area contributed by atoms with Crippen molar-refractivity contribution in [1.82, 2.24) is 5.32 Å². The third kappa shape index (κ3) is 2.41. The highest BCUT2D eigenvalue weighted by Crippen LogP contribution is 2.27. The number of carbonyl (C=O) groups excluding carboxylic acids is 1. The molecule has 1 amide bonds. The summed E-state index contributed by atoms with van der Waals surface area (Å²) in [5.74, 6) is 0.229. The number of nitrogens with zero attached hydrogens (tertiary/aromatic N) is 1. The van der Waals surface area contributed by atoms with E-state index in [0.717, 1.165) is 18.8 Å². The lowest BCUT2D eigenvalue weighted by Gasteiger charge is -2.21. The van der Waals surface area contributed by atoms with Crippen LogP contribution in [0, 0.1) is 20.8 Å². The molecule has 1 unspecified atom stereocenters. The van der Waals surface area contributed by atoms with Crippen LogP contribution < -0.4 is 10.2 Å². The first-order valence-corrected chi connectivity index (χ1v) is 6.64. The largest absolute Gasteiger partial charge is 0.312 e. The SMILES string of the molecule is CCNC1CC(=O)N(c2cc(C)c(C)cc2C)C1. The van der Waals surface area contributed by atoms with Crippen LogP contribution in [0.5, 0.6) is 0 Å². The molecule has 1 fully saturated rings. The number of rotatable bonds is 3. The topological polar surface area (TPSA) is 32.3 Å². The third-order valence-corrected chi connectivity index (χ3v) is 3.72. The van der Waals surface area contributed by atoms with Crippen molar-refractivity contribution in [2.24, 2.45) is 0 Å². The van der Waals surface area contributed by atoms with Crippen LogP contribution in [0.1, 0.15) is 30.0 Å². The summed E-state index contributed by atoms with van der Waals surface area (Å²) in [6.07, 6.45) is 0.611. The summed E-state index contributed by atoms with van der Waals surface area (Å²) < 4.78 is 0. The Morgan fingerprint density at radius 1 is 1.22 bits per heavy atom.